The number of pyridine rings is 6. The number of alkyl halides is 12. The minimum absolute atomic E-state index is 0.0299. The van der Waals surface area contributed by atoms with Crippen molar-refractivity contribution in [3.8, 4) is 69.3 Å². The molecule has 2 aromatic carbocycles. The maximum Gasteiger partial charge on any atom is 0.417 e. The number of nitrogens with one attached hydrogen (secondary N) is 10. The summed E-state index contributed by atoms with van der Waals surface area (Å²) in [4.78, 5) is 89.2. The van der Waals surface area contributed by atoms with E-state index < -0.39 is 57.0 Å². The Morgan fingerprint density at radius 3 is 0.965 bits per heavy atom. The highest BCUT2D eigenvalue weighted by Gasteiger charge is 2.37. The number of halogens is 12. The largest absolute Gasteiger partial charge is 0.417 e. The van der Waals surface area contributed by atoms with Crippen molar-refractivity contribution >= 4 is 107 Å². The van der Waals surface area contributed by atoms with E-state index in [-0.39, 0.29) is 155 Å². The molecule has 1 saturated carbocycles. The fraction of sp³-hybridized carbons (Fsp3) is 0.260. The number of ether oxygens (including phenoxy) is 1. The van der Waals surface area contributed by atoms with Crippen molar-refractivity contribution in [2.45, 2.75) is 89.4 Å². The Morgan fingerprint density at radius 1 is 0.396 bits per heavy atom. The molecular weight excluding hydrogens is 1910 g/mol. The van der Waals surface area contributed by atoms with Crippen LogP contribution in [0.3, 0.4) is 0 Å². The number of aromatic amines is 4. The number of morpholine rings is 1. The standard InChI is InChI=1S/C25H24F3N9.C25H20F3N7O.C24H21F3N8O.C22H18F3N7O2S/c1-15(16-3-4-21(30-11-16)37-7-5-36(2)6-8-37)34-24-33-12-17(10-29)22(35-24)20-14-32-23-19(20)9-18(13-31-23)25(26,27)28;1-13(14-4-6-18(7-5-14)34-23(36)15-2-3-15)33-24-32-10-16(9-29)21(35-24)20-12-31-22-19(20)8-17(11-30-22)25(26,27)28;1-14(15-2-3-20(29-10-15)35-4-6-36-7-5-35)33-23-32-11-16(9-28)21(34-23)19-13-31-22-18(19)8-17(12-30-22)24(25,26)27;1-12(13-3-5-16(6-4-13)32-35(2,33)34)30-21-29-9-14(8-26)19(31-21)18-11-28-20-17(18)7-15(10-27-20)22(23,24)25/h3-4,9,11-15H,5-8H2,1-2H3,(H,31,32)(H,33,34,35);4-8,10-13,15H,2-3H2,1H3,(H,30,31)(H,34,36)(H,32,33,35);2-3,8,10-14H,4-7H2,1H3,(H,30,31)(H,32,33,34);3-7,9-12,32H,1-2H3,(H,27,28)(H,29,30,31)/t;13-;;12-/m.1.1/s1. The summed E-state index contributed by atoms with van der Waals surface area (Å²) in [6, 6.07) is 32.9. The maximum atomic E-state index is 13.3. The van der Waals surface area contributed by atoms with Crippen molar-refractivity contribution in [1.29, 1.82) is 21.0 Å². The summed E-state index contributed by atoms with van der Waals surface area (Å²) < 4.78 is 189. The molecule has 35 nitrogen and oxygen atoms in total. The van der Waals surface area contributed by atoms with Crippen LogP contribution in [0.2, 0.25) is 0 Å². The van der Waals surface area contributed by atoms with E-state index in [2.05, 4.69) is 143 Å². The number of nitriles is 4. The molecule has 144 heavy (non-hydrogen) atoms. The zero-order valence-corrected chi connectivity index (χ0v) is 77.6. The van der Waals surface area contributed by atoms with Gasteiger partial charge in [0, 0.05) is 162 Å². The lowest BCUT2D eigenvalue weighted by Gasteiger charge is -2.33. The molecule has 2 unspecified atom stereocenters. The van der Waals surface area contributed by atoms with Gasteiger partial charge in [-0.1, -0.05) is 36.4 Å². The number of amides is 1. The van der Waals surface area contributed by atoms with Crippen LogP contribution in [0.1, 0.15) is 131 Å². The van der Waals surface area contributed by atoms with Crippen molar-refractivity contribution in [3.05, 3.63) is 251 Å². The van der Waals surface area contributed by atoms with Crippen LogP contribution in [-0.2, 0) is 44.3 Å². The number of sulfonamides is 1. The fourth-order valence-corrected chi connectivity index (χ4v) is 16.1. The second kappa shape index (κ2) is 41.7. The number of anilines is 8. The molecule has 0 radical (unpaired) electrons. The van der Waals surface area contributed by atoms with Gasteiger partial charge in [0.25, 0.3) is 0 Å². The molecule has 736 valence electrons. The van der Waals surface area contributed by atoms with Crippen LogP contribution < -0.4 is 41.1 Å². The Morgan fingerprint density at radius 2 is 0.688 bits per heavy atom. The average Bonchev–Trinajstić information content (AvgIpc) is 1.62. The molecular formula is C96H83F12N31O4S. The van der Waals surface area contributed by atoms with Gasteiger partial charge in [-0.3, -0.25) is 9.52 Å². The zero-order valence-electron chi connectivity index (χ0n) is 76.7. The first kappa shape index (κ1) is 99.9. The molecule has 16 aromatic rings. The van der Waals surface area contributed by atoms with Crippen LogP contribution in [0.25, 0.3) is 89.2 Å². The normalized spacial score (nSPS) is 14.4. The van der Waals surface area contributed by atoms with Crippen molar-refractivity contribution in [2.75, 3.05) is 107 Å². The van der Waals surface area contributed by atoms with Crippen molar-refractivity contribution in [1.82, 2.24) is 94.6 Å². The summed E-state index contributed by atoms with van der Waals surface area (Å²) in [5, 5.41) is 54.6. The summed E-state index contributed by atoms with van der Waals surface area (Å²) >= 11 is 0. The predicted molar refractivity (Wildman–Crippen MR) is 509 cm³/mol. The molecule has 3 aliphatic rings. The van der Waals surface area contributed by atoms with Gasteiger partial charge in [-0.25, -0.2) is 78.2 Å². The van der Waals surface area contributed by atoms with Gasteiger partial charge >= 0.3 is 24.7 Å². The number of hydrogen-bond donors (Lipinski definition) is 10. The molecule has 1 amide bonds. The first-order valence-corrected chi connectivity index (χ1v) is 46.1. The lowest BCUT2D eigenvalue weighted by Crippen LogP contribution is -2.44. The monoisotopic (exact) mass is 1990 g/mol. The first-order valence-electron chi connectivity index (χ1n) is 44.2. The summed E-state index contributed by atoms with van der Waals surface area (Å²) in [7, 11) is -1.30. The van der Waals surface area contributed by atoms with E-state index in [1.807, 2.05) is 101 Å². The minimum Gasteiger partial charge on any atom is -0.378 e. The number of carbonyl (C=O) groups excluding carboxylic acids is 1. The Balaban J connectivity index is 0.000000138. The number of aromatic nitrogens is 18. The van der Waals surface area contributed by atoms with E-state index in [9.17, 15) is 86.9 Å². The van der Waals surface area contributed by atoms with Gasteiger partial charge in [-0.05, 0) is 131 Å². The van der Waals surface area contributed by atoms with E-state index in [0.717, 1.165) is 141 Å². The average molecular weight is 1990 g/mol. The molecule has 19 rings (SSSR count). The highest BCUT2D eigenvalue weighted by molar-refractivity contribution is 7.92. The first-order chi connectivity index (χ1) is 68.7. The number of benzene rings is 2. The molecule has 0 spiro atoms. The van der Waals surface area contributed by atoms with Gasteiger partial charge in [0.15, 0.2) is 0 Å². The zero-order chi connectivity index (χ0) is 102. The van der Waals surface area contributed by atoms with Crippen LogP contribution in [0.5, 0.6) is 0 Å². The van der Waals surface area contributed by atoms with Crippen molar-refractivity contribution < 1.29 is 70.6 Å². The number of likely N-dealkylation sites (N-methyl/N-ethyl adjacent to an activating group) is 1. The lowest BCUT2D eigenvalue weighted by atomic mass is 10.1. The topological polar surface area (TPSA) is 481 Å². The molecule has 4 atom stereocenters. The smallest absolute Gasteiger partial charge is 0.378 e. The summed E-state index contributed by atoms with van der Waals surface area (Å²) in [6.45, 7) is 14.3. The lowest BCUT2D eigenvalue weighted by molar-refractivity contribution is -0.138. The van der Waals surface area contributed by atoms with Gasteiger partial charge in [-0.15, -0.1) is 0 Å². The third-order valence-corrected chi connectivity index (χ3v) is 24.1. The second-order valence-electron chi connectivity index (χ2n) is 33.7. The molecule has 2 saturated heterocycles. The Hall–Kier alpha value is -17.1. The van der Waals surface area contributed by atoms with Crippen LogP contribution in [0.15, 0.2) is 184 Å². The number of rotatable bonds is 22. The number of nitrogens with zero attached hydrogens (tertiary/aromatic N) is 21. The molecule has 10 N–H and O–H groups in total. The minimum atomic E-state index is -4.58. The van der Waals surface area contributed by atoms with E-state index in [0.29, 0.717) is 41.3 Å². The van der Waals surface area contributed by atoms with E-state index in [1.54, 1.807) is 36.7 Å². The van der Waals surface area contributed by atoms with Crippen LogP contribution in [0.4, 0.5) is 99.5 Å². The third-order valence-electron chi connectivity index (χ3n) is 23.5. The van der Waals surface area contributed by atoms with Crippen molar-refractivity contribution in [2.24, 2.45) is 5.92 Å². The molecule has 1 aliphatic carbocycles. The Labute approximate surface area is 811 Å². The van der Waals surface area contributed by atoms with Gasteiger partial charge in [0.2, 0.25) is 39.7 Å². The van der Waals surface area contributed by atoms with Crippen LogP contribution in [-0.4, -0.2) is 175 Å². The number of fused-ring (bicyclic) bond motifs is 4. The summed E-state index contributed by atoms with van der Waals surface area (Å²) in [5.41, 5.74) is 4.51. The molecule has 16 heterocycles. The van der Waals surface area contributed by atoms with Gasteiger partial charge < -0.3 is 66.0 Å². The highest BCUT2D eigenvalue weighted by Crippen LogP contribution is 2.42. The Kier molecular flexibility index (Phi) is 28.9. The molecule has 3 fully saturated rings. The fourth-order valence-electron chi connectivity index (χ4n) is 15.5. The molecule has 14 aromatic heterocycles. The number of hydrogen-bond acceptors (Lipinski definition) is 29. The van der Waals surface area contributed by atoms with E-state index >= 15 is 0 Å². The van der Waals surface area contributed by atoms with Gasteiger partial charge in [0.05, 0.1) is 136 Å². The third kappa shape index (κ3) is 23.6. The van der Waals surface area contributed by atoms with Crippen LogP contribution in [0, 0.1) is 51.2 Å². The highest BCUT2D eigenvalue weighted by atomic mass is 32.2. The van der Waals surface area contributed by atoms with Crippen LogP contribution >= 0.6 is 0 Å². The molecule has 48 heteroatoms. The predicted octanol–water partition coefficient (Wildman–Crippen LogP) is 18.4. The maximum absolute atomic E-state index is 13.3. The number of piperazine rings is 1. The van der Waals surface area contributed by atoms with E-state index in [1.165, 1.54) is 49.6 Å². The number of H-pyrrole nitrogens is 4. The second-order valence-corrected chi connectivity index (χ2v) is 35.4. The molecule has 2 aliphatic heterocycles. The van der Waals surface area contributed by atoms with E-state index in [4.69, 9.17) is 4.74 Å². The summed E-state index contributed by atoms with van der Waals surface area (Å²) in [6.07, 6.45) is 2.50. The SMILES string of the molecule is CC(Nc1ncc(C#N)c(-c2c[nH]c3ncc(C(F)(F)F)cc23)n1)c1ccc(N2CCN(C)CC2)nc1.CC(Nc1ncc(C#N)c(-c2c[nH]c3ncc(C(F)(F)F)cc23)n1)c1ccc(N2CCOCC2)nc1.C[C@@H](Nc1ncc(C#N)c(-c2c[nH]c3ncc(C(F)(F)F)cc23)n1)c1ccc(NC(=O)C2CC2)cc1.C[C@@H](Nc1ncc(C#N)c(-c2c[nH]c3ncc(C(F)(F)F)cc23)n1)c1ccc(NS(C)(=O)=O)cc1. The Bertz CT molecular complexity index is 7710. The van der Waals surface area contributed by atoms with Gasteiger partial charge in [-0.2, -0.15) is 73.7 Å². The number of carbonyl (C=O) groups is 1. The molecule has 0 bridgehead atoms. The van der Waals surface area contributed by atoms with Crippen molar-refractivity contribution in [3.63, 3.8) is 0 Å². The summed E-state index contributed by atoms with van der Waals surface area (Å²) in [5.74, 6) is 2.76. The van der Waals surface area contributed by atoms with Gasteiger partial charge in [0.1, 0.15) is 58.5 Å². The quantitative estimate of drug-likeness (QED) is 0.0282.